The maximum atomic E-state index is 5.02. The Bertz CT molecular complexity index is 1430. The first-order valence-electron chi connectivity index (χ1n) is 11.5. The van der Waals surface area contributed by atoms with Crippen molar-refractivity contribution in [1.82, 2.24) is 9.55 Å². The SMILES string of the molecule is Cc1cc(C)c(-n2c(B3c4ccccc4-c4ccccc43)cnc2-c2ccccc2)c(C)c1. The van der Waals surface area contributed by atoms with Crippen LogP contribution >= 0.6 is 0 Å². The fraction of sp³-hybridized carbons (Fsp3) is 0.100. The number of imidazole rings is 1. The largest absolute Gasteiger partial charge is 0.304 e. The van der Waals surface area contributed by atoms with E-state index in [1.807, 2.05) is 0 Å². The average molecular weight is 424 g/mol. The molecule has 0 atom stereocenters. The van der Waals surface area contributed by atoms with Gasteiger partial charge in [-0.15, -0.1) is 0 Å². The Morgan fingerprint density at radius 2 is 1.21 bits per heavy atom. The van der Waals surface area contributed by atoms with E-state index in [9.17, 15) is 0 Å². The van der Waals surface area contributed by atoms with E-state index in [1.165, 1.54) is 50.0 Å². The Balaban J connectivity index is 1.68. The maximum absolute atomic E-state index is 5.02. The van der Waals surface area contributed by atoms with Gasteiger partial charge in [0.2, 0.25) is 0 Å². The highest BCUT2D eigenvalue weighted by Gasteiger charge is 2.36. The van der Waals surface area contributed by atoms with Gasteiger partial charge in [-0.1, -0.05) is 107 Å². The maximum Gasteiger partial charge on any atom is 0.266 e. The van der Waals surface area contributed by atoms with Gasteiger partial charge in [-0.3, -0.25) is 0 Å². The molecule has 1 aliphatic rings. The summed E-state index contributed by atoms with van der Waals surface area (Å²) in [6, 6.07) is 32.7. The predicted octanol–water partition coefficient (Wildman–Crippen LogP) is 4.96. The van der Waals surface area contributed by atoms with Gasteiger partial charge in [0, 0.05) is 17.4 Å². The summed E-state index contributed by atoms with van der Waals surface area (Å²) >= 11 is 0. The van der Waals surface area contributed by atoms with Gasteiger partial charge in [0.25, 0.3) is 6.71 Å². The molecule has 0 saturated heterocycles. The van der Waals surface area contributed by atoms with Crippen LogP contribution in [-0.2, 0) is 0 Å². The van der Waals surface area contributed by atoms with Crippen molar-refractivity contribution >= 4 is 23.2 Å². The number of benzene rings is 4. The van der Waals surface area contributed by atoms with Crippen LogP contribution in [0.1, 0.15) is 16.7 Å². The van der Waals surface area contributed by atoms with Crippen molar-refractivity contribution < 1.29 is 0 Å². The Hall–Kier alpha value is -3.85. The summed E-state index contributed by atoms with van der Waals surface area (Å²) in [6.07, 6.45) is 2.09. The summed E-state index contributed by atoms with van der Waals surface area (Å²) in [4.78, 5) is 5.02. The van der Waals surface area contributed by atoms with Crippen molar-refractivity contribution in [2.75, 3.05) is 0 Å². The summed E-state index contributed by atoms with van der Waals surface area (Å²) in [5.41, 5.74) is 12.7. The number of rotatable bonds is 3. The van der Waals surface area contributed by atoms with E-state index in [2.05, 4.69) is 123 Å². The van der Waals surface area contributed by atoms with Crippen molar-refractivity contribution in [3.05, 3.63) is 114 Å². The number of aryl methyl sites for hydroxylation is 3. The van der Waals surface area contributed by atoms with Gasteiger partial charge in [-0.05, 0) is 43.0 Å². The molecule has 0 amide bonds. The number of hydrogen-bond acceptors (Lipinski definition) is 1. The zero-order chi connectivity index (χ0) is 22.5. The van der Waals surface area contributed by atoms with Crippen LogP contribution in [0.5, 0.6) is 0 Å². The average Bonchev–Trinajstić information content (AvgIpc) is 3.38. The van der Waals surface area contributed by atoms with Gasteiger partial charge in [-0.2, -0.15) is 0 Å². The van der Waals surface area contributed by atoms with Gasteiger partial charge in [-0.25, -0.2) is 4.98 Å². The molecule has 2 heterocycles. The Morgan fingerprint density at radius 1 is 0.667 bits per heavy atom. The molecule has 2 nitrogen and oxygen atoms in total. The highest BCUT2D eigenvalue weighted by Crippen LogP contribution is 2.28. The molecule has 33 heavy (non-hydrogen) atoms. The second-order valence-electron chi connectivity index (χ2n) is 9.06. The highest BCUT2D eigenvalue weighted by molar-refractivity contribution is 6.98. The molecule has 5 aromatic rings. The Labute approximate surface area is 195 Å². The molecule has 1 aliphatic heterocycles. The molecule has 4 aromatic carbocycles. The van der Waals surface area contributed by atoms with Gasteiger partial charge in [0.15, 0.2) is 0 Å². The lowest BCUT2D eigenvalue weighted by molar-refractivity contribution is 1.05. The first kappa shape index (κ1) is 19.8. The summed E-state index contributed by atoms with van der Waals surface area (Å²) in [7, 11) is 0. The van der Waals surface area contributed by atoms with E-state index in [0.717, 1.165) is 11.4 Å². The third-order valence-corrected chi connectivity index (χ3v) is 6.81. The second kappa shape index (κ2) is 7.63. The van der Waals surface area contributed by atoms with Crippen LogP contribution < -0.4 is 16.5 Å². The van der Waals surface area contributed by atoms with E-state index in [4.69, 9.17) is 4.98 Å². The fourth-order valence-electron chi connectivity index (χ4n) is 5.59. The molecule has 0 aliphatic carbocycles. The Morgan fingerprint density at radius 3 is 1.82 bits per heavy atom. The highest BCUT2D eigenvalue weighted by atomic mass is 15.1. The van der Waals surface area contributed by atoms with Gasteiger partial charge < -0.3 is 4.57 Å². The van der Waals surface area contributed by atoms with Crippen LogP contribution in [0, 0.1) is 20.8 Å². The number of nitrogens with zero attached hydrogens (tertiary/aromatic N) is 2. The normalized spacial score (nSPS) is 12.0. The van der Waals surface area contributed by atoms with Crippen LogP contribution in [0.25, 0.3) is 28.2 Å². The summed E-state index contributed by atoms with van der Waals surface area (Å²) < 4.78 is 2.41. The smallest absolute Gasteiger partial charge is 0.266 e. The van der Waals surface area contributed by atoms with E-state index in [1.54, 1.807) is 0 Å². The minimum absolute atomic E-state index is 0.141. The number of fused-ring (bicyclic) bond motifs is 3. The van der Waals surface area contributed by atoms with Crippen molar-refractivity contribution in [3.63, 3.8) is 0 Å². The second-order valence-corrected chi connectivity index (χ2v) is 9.06. The van der Waals surface area contributed by atoms with Gasteiger partial charge in [0.05, 0.1) is 5.69 Å². The molecule has 0 unspecified atom stereocenters. The molecule has 3 heteroatoms. The van der Waals surface area contributed by atoms with Crippen molar-refractivity contribution in [2.45, 2.75) is 20.8 Å². The number of aromatic nitrogens is 2. The quantitative estimate of drug-likeness (QED) is 0.367. The molecule has 0 fully saturated rings. The van der Waals surface area contributed by atoms with Crippen molar-refractivity contribution in [2.24, 2.45) is 0 Å². The molecule has 158 valence electrons. The van der Waals surface area contributed by atoms with Crippen molar-refractivity contribution in [3.8, 4) is 28.2 Å². The van der Waals surface area contributed by atoms with Crippen LogP contribution in [0.15, 0.2) is 97.2 Å². The molecule has 0 radical (unpaired) electrons. The lowest BCUT2D eigenvalue weighted by Crippen LogP contribution is -2.51. The molecular weight excluding hydrogens is 399 g/mol. The monoisotopic (exact) mass is 424 g/mol. The first-order valence-corrected chi connectivity index (χ1v) is 11.5. The summed E-state index contributed by atoms with van der Waals surface area (Å²) in [5, 5.41) is 0. The molecule has 6 rings (SSSR count). The molecular formula is C30H25BN2. The fourth-order valence-corrected chi connectivity index (χ4v) is 5.59. The molecule has 0 spiro atoms. The standard InChI is InChI=1S/C30H25BN2/c1-20-17-21(2)29(22(3)18-20)33-28(19-32-30(33)23-11-5-4-6-12-23)31-26-15-9-7-13-24(26)25-14-8-10-16-27(25)31/h4-19H,1-3H3. The lowest BCUT2D eigenvalue weighted by Gasteiger charge is -2.21. The minimum Gasteiger partial charge on any atom is -0.304 e. The zero-order valence-corrected chi connectivity index (χ0v) is 19.2. The van der Waals surface area contributed by atoms with Crippen LogP contribution in [-0.4, -0.2) is 16.3 Å². The molecule has 1 aromatic heterocycles. The van der Waals surface area contributed by atoms with Crippen LogP contribution in [0.4, 0.5) is 0 Å². The summed E-state index contributed by atoms with van der Waals surface area (Å²) in [6.45, 7) is 6.73. The minimum atomic E-state index is 0.141. The van der Waals surface area contributed by atoms with Crippen LogP contribution in [0.2, 0.25) is 0 Å². The van der Waals surface area contributed by atoms with E-state index >= 15 is 0 Å². The molecule has 0 saturated carbocycles. The topological polar surface area (TPSA) is 17.8 Å². The van der Waals surface area contributed by atoms with Crippen molar-refractivity contribution in [1.29, 1.82) is 0 Å². The van der Waals surface area contributed by atoms with Gasteiger partial charge >= 0.3 is 0 Å². The third-order valence-electron chi connectivity index (χ3n) is 6.81. The lowest BCUT2D eigenvalue weighted by atomic mass is 9.40. The Kier molecular flexibility index (Phi) is 4.58. The summed E-state index contributed by atoms with van der Waals surface area (Å²) in [5.74, 6) is 0.988. The number of hydrogen-bond donors (Lipinski definition) is 0. The molecule has 0 bridgehead atoms. The first-order chi connectivity index (χ1) is 16.1. The molecule has 0 N–H and O–H groups in total. The van der Waals surface area contributed by atoms with Crippen LogP contribution in [0.3, 0.4) is 0 Å². The third kappa shape index (κ3) is 3.07. The van der Waals surface area contributed by atoms with E-state index in [-0.39, 0.29) is 6.71 Å². The van der Waals surface area contributed by atoms with E-state index < -0.39 is 0 Å². The van der Waals surface area contributed by atoms with Gasteiger partial charge in [0.1, 0.15) is 5.82 Å². The zero-order valence-electron chi connectivity index (χ0n) is 19.2. The predicted molar refractivity (Wildman–Crippen MR) is 140 cm³/mol. The van der Waals surface area contributed by atoms with E-state index in [0.29, 0.717) is 0 Å².